The van der Waals surface area contributed by atoms with Gasteiger partial charge in [-0.05, 0) is 48.1 Å². The van der Waals surface area contributed by atoms with E-state index in [1.54, 1.807) is 28.7 Å². The van der Waals surface area contributed by atoms with Crippen molar-refractivity contribution in [2.45, 2.75) is 70.4 Å². The lowest BCUT2D eigenvalue weighted by atomic mass is 9.87. The van der Waals surface area contributed by atoms with Gasteiger partial charge < -0.3 is 5.32 Å². The smallest absolute Gasteiger partial charge is 0.259 e. The first-order valence-corrected chi connectivity index (χ1v) is 12.9. The number of amides is 2. The number of rotatable bonds is 6. The molecule has 1 aliphatic rings. The van der Waals surface area contributed by atoms with Gasteiger partial charge in [0, 0.05) is 23.5 Å². The highest BCUT2D eigenvalue weighted by Crippen LogP contribution is 2.34. The van der Waals surface area contributed by atoms with Crippen molar-refractivity contribution in [3.8, 4) is 0 Å². The Bertz CT molecular complexity index is 1080. The molecule has 0 aliphatic heterocycles. The lowest BCUT2D eigenvalue weighted by molar-refractivity contribution is -0.123. The molecule has 4 rings (SSSR count). The SMILES string of the molecule is CC(C)(C)c1ccc(N(C(=O)c2ccccc2)C(C(=O)NC2CCCCC2)c2cncs2)cc1. The quantitative estimate of drug-likeness (QED) is 0.456. The normalized spacial score (nSPS) is 15.5. The highest BCUT2D eigenvalue weighted by molar-refractivity contribution is 7.09. The Morgan fingerprint density at radius 1 is 1.00 bits per heavy atom. The van der Waals surface area contributed by atoms with Crippen LogP contribution in [-0.2, 0) is 10.2 Å². The van der Waals surface area contributed by atoms with Crippen molar-refractivity contribution in [2.75, 3.05) is 4.90 Å². The summed E-state index contributed by atoms with van der Waals surface area (Å²) in [4.78, 5) is 34.3. The first-order valence-electron chi connectivity index (χ1n) is 12.0. The van der Waals surface area contributed by atoms with Crippen molar-refractivity contribution in [1.29, 1.82) is 0 Å². The van der Waals surface area contributed by atoms with Crippen LogP contribution in [0.15, 0.2) is 66.3 Å². The van der Waals surface area contributed by atoms with Crippen LogP contribution >= 0.6 is 11.3 Å². The van der Waals surface area contributed by atoms with Crippen LogP contribution in [0.2, 0.25) is 0 Å². The molecule has 1 aliphatic carbocycles. The fourth-order valence-electron chi connectivity index (χ4n) is 4.49. The molecular formula is C28H33N3O2S. The Morgan fingerprint density at radius 3 is 2.26 bits per heavy atom. The Labute approximate surface area is 206 Å². The zero-order valence-electron chi connectivity index (χ0n) is 20.2. The average molecular weight is 476 g/mol. The molecule has 2 amide bonds. The van der Waals surface area contributed by atoms with E-state index in [1.807, 2.05) is 42.5 Å². The van der Waals surface area contributed by atoms with Gasteiger partial charge in [0.05, 0.1) is 10.4 Å². The van der Waals surface area contributed by atoms with Gasteiger partial charge >= 0.3 is 0 Å². The number of anilines is 1. The van der Waals surface area contributed by atoms with Gasteiger partial charge in [-0.1, -0.05) is 70.4 Å². The van der Waals surface area contributed by atoms with E-state index in [-0.39, 0.29) is 23.3 Å². The number of hydrogen-bond acceptors (Lipinski definition) is 4. The van der Waals surface area contributed by atoms with Crippen LogP contribution in [0.25, 0.3) is 0 Å². The Hall–Kier alpha value is -2.99. The third-order valence-electron chi connectivity index (χ3n) is 6.43. The average Bonchev–Trinajstić information content (AvgIpc) is 3.37. The predicted molar refractivity (Wildman–Crippen MR) is 138 cm³/mol. The molecule has 1 atom stereocenters. The lowest BCUT2D eigenvalue weighted by Crippen LogP contribution is -2.47. The summed E-state index contributed by atoms with van der Waals surface area (Å²) < 4.78 is 0. The van der Waals surface area contributed by atoms with Crippen molar-refractivity contribution in [3.05, 3.63) is 82.3 Å². The van der Waals surface area contributed by atoms with E-state index >= 15 is 0 Å². The molecule has 6 heteroatoms. The van der Waals surface area contributed by atoms with Crippen LogP contribution in [-0.4, -0.2) is 22.8 Å². The molecule has 0 bridgehead atoms. The largest absolute Gasteiger partial charge is 0.351 e. The first-order chi connectivity index (χ1) is 16.3. The van der Waals surface area contributed by atoms with Crippen molar-refractivity contribution >= 4 is 28.8 Å². The third kappa shape index (κ3) is 5.55. The molecule has 178 valence electrons. The molecule has 34 heavy (non-hydrogen) atoms. The zero-order valence-corrected chi connectivity index (χ0v) is 21.0. The van der Waals surface area contributed by atoms with E-state index in [0.29, 0.717) is 11.3 Å². The van der Waals surface area contributed by atoms with Crippen molar-refractivity contribution in [2.24, 2.45) is 0 Å². The molecule has 5 nitrogen and oxygen atoms in total. The topological polar surface area (TPSA) is 62.3 Å². The second kappa shape index (κ2) is 10.5. The number of hydrogen-bond donors (Lipinski definition) is 1. The highest BCUT2D eigenvalue weighted by atomic mass is 32.1. The minimum Gasteiger partial charge on any atom is -0.351 e. The van der Waals surface area contributed by atoms with Crippen LogP contribution in [0.3, 0.4) is 0 Å². The number of aromatic nitrogens is 1. The molecule has 1 fully saturated rings. The first kappa shape index (κ1) is 24.1. The van der Waals surface area contributed by atoms with Gasteiger partial charge in [0.1, 0.15) is 0 Å². The molecule has 3 aromatic rings. The molecule has 1 heterocycles. The second-order valence-corrected chi connectivity index (χ2v) is 10.9. The van der Waals surface area contributed by atoms with E-state index in [1.165, 1.54) is 23.3 Å². The maximum atomic E-state index is 13.9. The number of nitrogens with zero attached hydrogens (tertiary/aromatic N) is 2. The summed E-state index contributed by atoms with van der Waals surface area (Å²) in [7, 11) is 0. The number of carbonyl (C=O) groups is 2. The summed E-state index contributed by atoms with van der Waals surface area (Å²) in [6.45, 7) is 6.48. The standard InChI is InChI=1S/C28H33N3O2S/c1-28(2,3)21-14-16-23(17-15-21)31(27(33)20-10-6-4-7-11-20)25(24-18-29-19-34-24)26(32)30-22-12-8-5-9-13-22/h4,6-7,10-11,14-19,22,25H,5,8-9,12-13H2,1-3H3,(H,30,32). The van der Waals surface area contributed by atoms with E-state index in [4.69, 9.17) is 0 Å². The van der Waals surface area contributed by atoms with Crippen LogP contribution in [0.5, 0.6) is 0 Å². The van der Waals surface area contributed by atoms with Gasteiger partial charge in [0.2, 0.25) is 5.91 Å². The molecule has 1 saturated carbocycles. The van der Waals surface area contributed by atoms with Crippen molar-refractivity contribution in [3.63, 3.8) is 0 Å². The Kier molecular flexibility index (Phi) is 7.47. The molecule has 1 N–H and O–H groups in total. The molecule has 2 aromatic carbocycles. The maximum absolute atomic E-state index is 13.9. The van der Waals surface area contributed by atoms with E-state index in [0.717, 1.165) is 30.6 Å². The van der Waals surface area contributed by atoms with Crippen molar-refractivity contribution in [1.82, 2.24) is 10.3 Å². The molecule has 0 saturated heterocycles. The highest BCUT2D eigenvalue weighted by Gasteiger charge is 2.35. The summed E-state index contributed by atoms with van der Waals surface area (Å²) in [6.07, 6.45) is 7.12. The van der Waals surface area contributed by atoms with Gasteiger partial charge in [0.25, 0.3) is 5.91 Å². The minimum atomic E-state index is -0.789. The van der Waals surface area contributed by atoms with Gasteiger partial charge in [-0.25, -0.2) is 0 Å². The fourth-order valence-corrected chi connectivity index (χ4v) is 5.19. The maximum Gasteiger partial charge on any atom is 0.259 e. The second-order valence-electron chi connectivity index (χ2n) is 9.99. The van der Waals surface area contributed by atoms with Crippen LogP contribution in [0, 0.1) is 0 Å². The summed E-state index contributed by atoms with van der Waals surface area (Å²) in [5, 5.41) is 3.25. The Balaban J connectivity index is 1.76. The number of nitrogens with one attached hydrogen (secondary N) is 1. The minimum absolute atomic E-state index is 0.0117. The van der Waals surface area contributed by atoms with E-state index in [9.17, 15) is 9.59 Å². The summed E-state index contributed by atoms with van der Waals surface area (Å²) in [5.74, 6) is -0.360. The van der Waals surface area contributed by atoms with Crippen LogP contribution < -0.4 is 10.2 Å². The summed E-state index contributed by atoms with van der Waals surface area (Å²) in [5.41, 5.74) is 4.11. The monoisotopic (exact) mass is 475 g/mol. The molecule has 1 unspecified atom stereocenters. The third-order valence-corrected chi connectivity index (χ3v) is 7.26. The van der Waals surface area contributed by atoms with Gasteiger partial charge in [-0.15, -0.1) is 11.3 Å². The predicted octanol–water partition coefficient (Wildman–Crippen LogP) is 6.28. The number of benzene rings is 2. The van der Waals surface area contributed by atoms with Gasteiger partial charge in [0.15, 0.2) is 6.04 Å². The molecule has 1 aromatic heterocycles. The van der Waals surface area contributed by atoms with Crippen molar-refractivity contribution < 1.29 is 9.59 Å². The number of carbonyl (C=O) groups excluding carboxylic acids is 2. The van der Waals surface area contributed by atoms with Gasteiger partial charge in [-0.3, -0.25) is 19.5 Å². The Morgan fingerprint density at radius 2 is 1.68 bits per heavy atom. The number of thiazole rings is 1. The van der Waals surface area contributed by atoms with E-state index in [2.05, 4.69) is 31.1 Å². The molecule has 0 radical (unpaired) electrons. The van der Waals surface area contributed by atoms with Crippen LogP contribution in [0.1, 0.15) is 79.7 Å². The van der Waals surface area contributed by atoms with Gasteiger partial charge in [-0.2, -0.15) is 0 Å². The van der Waals surface area contributed by atoms with E-state index < -0.39 is 6.04 Å². The molecule has 0 spiro atoms. The fraction of sp³-hybridized carbons (Fsp3) is 0.393. The summed E-state index contributed by atoms with van der Waals surface area (Å²) in [6, 6.07) is 16.5. The zero-order chi connectivity index (χ0) is 24.1. The van der Waals surface area contributed by atoms with Crippen LogP contribution in [0.4, 0.5) is 5.69 Å². The lowest BCUT2D eigenvalue weighted by Gasteiger charge is -2.33. The summed E-state index contributed by atoms with van der Waals surface area (Å²) >= 11 is 1.40. The molecular weight excluding hydrogens is 442 g/mol.